The summed E-state index contributed by atoms with van der Waals surface area (Å²) in [7, 11) is 1.65. The average Bonchev–Trinajstić information content (AvgIpc) is 3.32. The number of carbonyl (C=O) groups excluding carboxylic acids is 2. The van der Waals surface area contributed by atoms with Crippen molar-refractivity contribution in [3.8, 4) is 0 Å². The standard InChI is InChI=1S/C22H29N3O3/c1-22(21(27)23-17-9-4-5-10-17)15-24-18-11-6-3-8-16(18)14-19(24)20(26)25(22)12-7-13-28-2/h3,6,8,11,14,17H,4-5,7,9-10,12-13,15H2,1-2H3,(H,23,27). The van der Waals surface area contributed by atoms with Crippen LogP contribution in [0.1, 0.15) is 49.5 Å². The van der Waals surface area contributed by atoms with Crippen molar-refractivity contribution in [1.82, 2.24) is 14.8 Å². The molecule has 28 heavy (non-hydrogen) atoms. The lowest BCUT2D eigenvalue weighted by atomic mass is 9.94. The molecule has 6 nitrogen and oxygen atoms in total. The Kier molecular flexibility index (Phi) is 5.15. The third kappa shape index (κ3) is 3.20. The van der Waals surface area contributed by atoms with E-state index in [1.54, 1.807) is 12.0 Å². The van der Waals surface area contributed by atoms with E-state index in [4.69, 9.17) is 4.74 Å². The Balaban J connectivity index is 1.70. The van der Waals surface area contributed by atoms with E-state index in [0.29, 0.717) is 31.8 Å². The number of nitrogens with zero attached hydrogens (tertiary/aromatic N) is 2. The van der Waals surface area contributed by atoms with Crippen LogP contribution in [-0.2, 0) is 16.1 Å². The molecule has 0 bridgehead atoms. The predicted molar refractivity (Wildman–Crippen MR) is 108 cm³/mol. The molecule has 1 unspecified atom stereocenters. The number of aromatic nitrogens is 1. The van der Waals surface area contributed by atoms with Crippen LogP contribution in [0.4, 0.5) is 0 Å². The lowest BCUT2D eigenvalue weighted by molar-refractivity contribution is -0.133. The van der Waals surface area contributed by atoms with Gasteiger partial charge in [-0.2, -0.15) is 0 Å². The molecule has 6 heteroatoms. The van der Waals surface area contributed by atoms with Crippen molar-refractivity contribution in [3.63, 3.8) is 0 Å². The third-order valence-corrected chi connectivity index (χ3v) is 6.25. The number of ether oxygens (including phenoxy) is 1. The number of amides is 2. The summed E-state index contributed by atoms with van der Waals surface area (Å²) in [6.07, 6.45) is 5.07. The number of hydrogen-bond donors (Lipinski definition) is 1. The van der Waals surface area contributed by atoms with Crippen LogP contribution in [0.25, 0.3) is 10.9 Å². The molecule has 1 atom stereocenters. The second-order valence-electron chi connectivity index (χ2n) is 8.21. The monoisotopic (exact) mass is 383 g/mol. The molecule has 0 saturated heterocycles. The Bertz CT molecular complexity index is 884. The normalized spacial score (nSPS) is 22.6. The zero-order valence-electron chi connectivity index (χ0n) is 16.7. The Hall–Kier alpha value is -2.34. The minimum absolute atomic E-state index is 0.0476. The maximum Gasteiger partial charge on any atom is 0.271 e. The summed E-state index contributed by atoms with van der Waals surface area (Å²) in [5, 5.41) is 4.25. The smallest absolute Gasteiger partial charge is 0.271 e. The van der Waals surface area contributed by atoms with Gasteiger partial charge in [-0.3, -0.25) is 9.59 Å². The minimum Gasteiger partial charge on any atom is -0.385 e. The molecule has 0 radical (unpaired) electrons. The van der Waals surface area contributed by atoms with E-state index in [-0.39, 0.29) is 17.9 Å². The number of nitrogens with one attached hydrogen (secondary N) is 1. The molecule has 1 N–H and O–H groups in total. The Morgan fingerprint density at radius 1 is 1.29 bits per heavy atom. The van der Waals surface area contributed by atoms with E-state index >= 15 is 0 Å². The molecule has 1 aromatic heterocycles. The third-order valence-electron chi connectivity index (χ3n) is 6.25. The van der Waals surface area contributed by atoms with Crippen LogP contribution in [0.3, 0.4) is 0 Å². The van der Waals surface area contributed by atoms with Crippen LogP contribution in [-0.4, -0.2) is 53.1 Å². The molecule has 2 heterocycles. The first-order valence-electron chi connectivity index (χ1n) is 10.2. The highest BCUT2D eigenvalue weighted by atomic mass is 16.5. The van der Waals surface area contributed by atoms with Gasteiger partial charge in [0.1, 0.15) is 11.2 Å². The van der Waals surface area contributed by atoms with E-state index in [9.17, 15) is 9.59 Å². The molecule has 0 spiro atoms. The lowest BCUT2D eigenvalue weighted by Gasteiger charge is -2.44. The van der Waals surface area contributed by atoms with Crippen molar-refractivity contribution in [2.45, 2.75) is 57.2 Å². The fourth-order valence-electron chi connectivity index (χ4n) is 4.63. The molecule has 1 aliphatic heterocycles. The van der Waals surface area contributed by atoms with Crippen LogP contribution >= 0.6 is 0 Å². The number of para-hydroxylation sites is 1. The molecule has 2 aromatic rings. The maximum absolute atomic E-state index is 13.4. The van der Waals surface area contributed by atoms with E-state index in [1.807, 2.05) is 41.8 Å². The van der Waals surface area contributed by atoms with Gasteiger partial charge < -0.3 is 19.5 Å². The number of benzene rings is 1. The molecule has 4 rings (SSSR count). The van der Waals surface area contributed by atoms with Crippen LogP contribution in [0.2, 0.25) is 0 Å². The summed E-state index contributed by atoms with van der Waals surface area (Å²) in [6.45, 7) is 3.43. The van der Waals surface area contributed by atoms with Gasteiger partial charge in [-0.1, -0.05) is 31.0 Å². The number of carbonyl (C=O) groups is 2. The molecule has 2 amide bonds. The van der Waals surface area contributed by atoms with Crippen molar-refractivity contribution in [3.05, 3.63) is 36.0 Å². The van der Waals surface area contributed by atoms with Gasteiger partial charge in [0.2, 0.25) is 5.91 Å². The summed E-state index contributed by atoms with van der Waals surface area (Å²) in [6, 6.07) is 10.1. The highest BCUT2D eigenvalue weighted by molar-refractivity contribution is 6.03. The SMILES string of the molecule is COCCCN1C(=O)c2cc3ccccc3n2CC1(C)C(=O)NC1CCCC1. The van der Waals surface area contributed by atoms with E-state index in [0.717, 1.165) is 36.6 Å². The maximum atomic E-state index is 13.4. The summed E-state index contributed by atoms with van der Waals surface area (Å²) in [4.78, 5) is 28.6. The lowest BCUT2D eigenvalue weighted by Crippen LogP contribution is -2.65. The molecule has 150 valence electrons. The fraction of sp³-hybridized carbons (Fsp3) is 0.545. The summed E-state index contributed by atoms with van der Waals surface area (Å²) >= 11 is 0. The van der Waals surface area contributed by atoms with Crippen molar-refractivity contribution in [2.24, 2.45) is 0 Å². The number of hydrogen-bond acceptors (Lipinski definition) is 3. The first kappa shape index (κ1) is 19.0. The van der Waals surface area contributed by atoms with Gasteiger partial charge in [0, 0.05) is 37.2 Å². The molecule has 1 fully saturated rings. The Labute approximate surface area is 165 Å². The highest BCUT2D eigenvalue weighted by Crippen LogP contribution is 2.33. The molecule has 2 aliphatic rings. The van der Waals surface area contributed by atoms with Gasteiger partial charge >= 0.3 is 0 Å². The summed E-state index contributed by atoms with van der Waals surface area (Å²) in [5.74, 6) is -0.128. The zero-order valence-corrected chi connectivity index (χ0v) is 16.7. The van der Waals surface area contributed by atoms with Crippen LogP contribution in [0.15, 0.2) is 30.3 Å². The minimum atomic E-state index is -0.914. The first-order chi connectivity index (χ1) is 13.5. The van der Waals surface area contributed by atoms with E-state index in [1.165, 1.54) is 0 Å². The van der Waals surface area contributed by atoms with E-state index in [2.05, 4.69) is 5.32 Å². The van der Waals surface area contributed by atoms with Gasteiger partial charge in [-0.05, 0) is 38.3 Å². The second-order valence-corrected chi connectivity index (χ2v) is 8.21. The van der Waals surface area contributed by atoms with Gasteiger partial charge in [0.15, 0.2) is 0 Å². The van der Waals surface area contributed by atoms with Crippen LogP contribution in [0, 0.1) is 0 Å². The molecule has 1 aromatic carbocycles. The van der Waals surface area contributed by atoms with Crippen molar-refractivity contribution < 1.29 is 14.3 Å². The predicted octanol–water partition coefficient (Wildman–Crippen LogP) is 2.95. The second kappa shape index (κ2) is 7.59. The largest absolute Gasteiger partial charge is 0.385 e. The van der Waals surface area contributed by atoms with Crippen molar-refractivity contribution >= 4 is 22.7 Å². The van der Waals surface area contributed by atoms with Crippen molar-refractivity contribution in [2.75, 3.05) is 20.3 Å². The summed E-state index contributed by atoms with van der Waals surface area (Å²) < 4.78 is 7.19. The molecule has 1 aliphatic carbocycles. The number of fused-ring (bicyclic) bond motifs is 3. The van der Waals surface area contributed by atoms with Gasteiger partial charge in [-0.15, -0.1) is 0 Å². The number of rotatable bonds is 6. The van der Waals surface area contributed by atoms with E-state index < -0.39 is 5.54 Å². The van der Waals surface area contributed by atoms with Gasteiger partial charge in [0.25, 0.3) is 5.91 Å². The Morgan fingerprint density at radius 2 is 2.04 bits per heavy atom. The Morgan fingerprint density at radius 3 is 2.79 bits per heavy atom. The van der Waals surface area contributed by atoms with Crippen LogP contribution < -0.4 is 5.32 Å². The molecular weight excluding hydrogens is 354 g/mol. The summed E-state index contributed by atoms with van der Waals surface area (Å²) in [5.41, 5.74) is 0.745. The quantitative estimate of drug-likeness (QED) is 0.780. The van der Waals surface area contributed by atoms with Crippen LogP contribution in [0.5, 0.6) is 0 Å². The first-order valence-corrected chi connectivity index (χ1v) is 10.2. The zero-order chi connectivity index (χ0) is 19.7. The highest BCUT2D eigenvalue weighted by Gasteiger charge is 2.47. The topological polar surface area (TPSA) is 63.6 Å². The van der Waals surface area contributed by atoms with Crippen molar-refractivity contribution in [1.29, 1.82) is 0 Å². The van der Waals surface area contributed by atoms with Gasteiger partial charge in [-0.25, -0.2) is 0 Å². The number of methoxy groups -OCH3 is 1. The molecular formula is C22H29N3O3. The fourth-order valence-corrected chi connectivity index (χ4v) is 4.63. The average molecular weight is 383 g/mol. The van der Waals surface area contributed by atoms with Gasteiger partial charge in [0.05, 0.1) is 6.54 Å². The molecule has 1 saturated carbocycles.